The van der Waals surface area contributed by atoms with Crippen LogP contribution in [0.4, 0.5) is 0 Å². The van der Waals surface area contributed by atoms with E-state index < -0.39 is 21.9 Å². The third-order valence-electron chi connectivity index (χ3n) is 5.25. The van der Waals surface area contributed by atoms with Crippen molar-refractivity contribution in [1.82, 2.24) is 5.32 Å². The summed E-state index contributed by atoms with van der Waals surface area (Å²) in [6.45, 7) is 2.28. The normalized spacial score (nSPS) is 12.7. The summed E-state index contributed by atoms with van der Waals surface area (Å²) in [6.07, 6.45) is -0.126. The van der Waals surface area contributed by atoms with Crippen LogP contribution in [0, 0.1) is 11.3 Å². The Kier molecular flexibility index (Phi) is 10.0. The summed E-state index contributed by atoms with van der Waals surface area (Å²) >= 11 is 0. The molecule has 2 atom stereocenters. The Morgan fingerprint density at radius 1 is 1.06 bits per heavy atom. The molecule has 9 heteroatoms. The number of aromatic carboxylic acids is 1. The van der Waals surface area contributed by atoms with E-state index in [0.29, 0.717) is 24.1 Å². The van der Waals surface area contributed by atoms with E-state index in [4.69, 9.17) is 10.4 Å². The third-order valence-corrected chi connectivity index (χ3v) is 7.03. The smallest absolute Gasteiger partial charge is 1.00 e. The fraction of sp³-hybridized carbons (Fsp3) is 0.200. The molecule has 0 saturated heterocycles. The molecule has 0 aliphatic rings. The van der Waals surface area contributed by atoms with Crippen molar-refractivity contribution in [3.63, 3.8) is 0 Å². The first-order valence-electron chi connectivity index (χ1n) is 10.3. The van der Waals surface area contributed by atoms with Gasteiger partial charge in [0.15, 0.2) is 0 Å². The molecule has 3 N–H and O–H groups in total. The van der Waals surface area contributed by atoms with Crippen LogP contribution in [0.25, 0.3) is 0 Å². The van der Waals surface area contributed by atoms with Crippen LogP contribution < -0.4 is 34.9 Å². The first-order chi connectivity index (χ1) is 15.7. The average Bonchev–Trinajstić information content (AvgIpc) is 2.83. The van der Waals surface area contributed by atoms with E-state index in [-0.39, 0.29) is 52.4 Å². The molecule has 0 bridgehead atoms. The van der Waals surface area contributed by atoms with Crippen molar-refractivity contribution in [3.8, 4) is 6.07 Å². The predicted octanol–water partition coefficient (Wildman–Crippen LogP) is 0.460. The number of sulfone groups is 1. The van der Waals surface area contributed by atoms with Crippen molar-refractivity contribution in [3.05, 3.63) is 95.1 Å². The Labute approximate surface area is 222 Å². The second kappa shape index (κ2) is 12.3. The van der Waals surface area contributed by atoms with Gasteiger partial charge in [-0.2, -0.15) is 5.26 Å². The van der Waals surface area contributed by atoms with Gasteiger partial charge in [-0.15, -0.1) is 0 Å². The standard InChI is InChI=1S/C25H24N2O5S.Na.H/c1-17(27-16-24(28)21-4-2-3-19(14-21)15-26)13-18-5-9-22(10-6-18)33(31,32)23-11-7-20(8-12-23)25(29)30;;/h2-12,14,17,24,27-28H,13,16H2,1H3,(H,29,30);;/q;+1;-1/t17-,24-;;/m1../s1. The summed E-state index contributed by atoms with van der Waals surface area (Å²) in [5.74, 6) is -1.12. The van der Waals surface area contributed by atoms with E-state index >= 15 is 0 Å². The molecule has 3 rings (SSSR count). The molecule has 0 heterocycles. The first kappa shape index (κ1) is 27.7. The molecule has 0 aliphatic heterocycles. The summed E-state index contributed by atoms with van der Waals surface area (Å²) in [4.78, 5) is 11.1. The molecule has 172 valence electrons. The Balaban J connectivity index is 0.00000306. The molecule has 0 amide bonds. The maximum Gasteiger partial charge on any atom is 1.00 e. The number of aliphatic hydroxyl groups is 1. The quantitative estimate of drug-likeness (QED) is 0.374. The van der Waals surface area contributed by atoms with Gasteiger partial charge in [-0.3, -0.25) is 0 Å². The summed E-state index contributed by atoms with van der Waals surface area (Å²) in [6, 6.07) is 20.6. The van der Waals surface area contributed by atoms with Crippen LogP contribution in [0.3, 0.4) is 0 Å². The number of rotatable bonds is 9. The second-order valence-electron chi connectivity index (χ2n) is 7.74. The Hall–Kier alpha value is -2.51. The van der Waals surface area contributed by atoms with E-state index in [1.807, 2.05) is 6.92 Å². The molecule has 0 aromatic heterocycles. The maximum absolute atomic E-state index is 12.8. The zero-order valence-electron chi connectivity index (χ0n) is 20.0. The van der Waals surface area contributed by atoms with Gasteiger partial charge in [0, 0.05) is 12.6 Å². The molecule has 34 heavy (non-hydrogen) atoms. The van der Waals surface area contributed by atoms with Crippen LogP contribution >= 0.6 is 0 Å². The first-order valence-corrected chi connectivity index (χ1v) is 11.8. The van der Waals surface area contributed by atoms with E-state index in [0.717, 1.165) is 5.56 Å². The Morgan fingerprint density at radius 2 is 1.65 bits per heavy atom. The van der Waals surface area contributed by atoms with Gasteiger partial charge in [-0.05, 0) is 73.0 Å². The van der Waals surface area contributed by atoms with Gasteiger partial charge < -0.3 is 17.0 Å². The molecular weight excluding hydrogens is 463 g/mol. The summed E-state index contributed by atoms with van der Waals surface area (Å²) < 4.78 is 25.6. The van der Waals surface area contributed by atoms with Crippen LogP contribution in [0.15, 0.2) is 82.6 Å². The Morgan fingerprint density at radius 3 is 2.21 bits per heavy atom. The molecule has 0 fully saturated rings. The van der Waals surface area contributed by atoms with Gasteiger partial charge in [0.05, 0.1) is 33.1 Å². The number of carbonyl (C=O) groups is 1. The molecule has 0 radical (unpaired) electrons. The van der Waals surface area contributed by atoms with Gasteiger partial charge in [-0.25, -0.2) is 13.2 Å². The Bertz CT molecular complexity index is 1280. The van der Waals surface area contributed by atoms with Crippen LogP contribution in [0.5, 0.6) is 0 Å². The molecule has 3 aromatic carbocycles. The molecular formula is C25H25N2NaO5S. The van der Waals surface area contributed by atoms with E-state index in [1.165, 1.54) is 36.4 Å². The largest absolute Gasteiger partial charge is 1.00 e. The van der Waals surface area contributed by atoms with Gasteiger partial charge in [0.25, 0.3) is 0 Å². The van der Waals surface area contributed by atoms with Crippen molar-refractivity contribution in [2.24, 2.45) is 0 Å². The minimum atomic E-state index is -3.75. The number of aliphatic hydroxyl groups excluding tert-OH is 1. The van der Waals surface area contributed by atoms with Crippen molar-refractivity contribution < 1.29 is 54.4 Å². The number of benzene rings is 3. The van der Waals surface area contributed by atoms with Gasteiger partial charge >= 0.3 is 35.5 Å². The molecule has 0 aliphatic carbocycles. The number of hydrogen-bond donors (Lipinski definition) is 3. The zero-order valence-corrected chi connectivity index (χ0v) is 21.8. The van der Waals surface area contributed by atoms with E-state index in [1.54, 1.807) is 36.4 Å². The number of nitrogens with one attached hydrogen (secondary N) is 1. The van der Waals surface area contributed by atoms with Crippen molar-refractivity contribution in [2.75, 3.05) is 6.54 Å². The van der Waals surface area contributed by atoms with Crippen LogP contribution in [-0.4, -0.2) is 37.2 Å². The summed E-state index contributed by atoms with van der Waals surface area (Å²) in [7, 11) is -3.75. The van der Waals surface area contributed by atoms with Crippen molar-refractivity contribution >= 4 is 15.8 Å². The van der Waals surface area contributed by atoms with E-state index in [2.05, 4.69) is 11.4 Å². The SMILES string of the molecule is C[C@H](Cc1ccc(S(=O)(=O)c2ccc(C(=O)O)cc2)cc1)NC[C@@H](O)c1cccc(C#N)c1.[H-].[Na+]. The summed E-state index contributed by atoms with van der Waals surface area (Å²) in [5.41, 5.74) is 2.11. The minimum absolute atomic E-state index is 0. The fourth-order valence-corrected chi connectivity index (χ4v) is 4.65. The second-order valence-corrected chi connectivity index (χ2v) is 9.69. The van der Waals surface area contributed by atoms with Crippen LogP contribution in [0.2, 0.25) is 0 Å². The number of hydrogen-bond acceptors (Lipinski definition) is 6. The average molecular weight is 489 g/mol. The summed E-state index contributed by atoms with van der Waals surface area (Å²) in [5, 5.41) is 31.6. The zero-order chi connectivity index (χ0) is 24.0. The van der Waals surface area contributed by atoms with Crippen molar-refractivity contribution in [2.45, 2.75) is 35.3 Å². The van der Waals surface area contributed by atoms with E-state index in [9.17, 15) is 18.3 Å². The molecule has 3 aromatic rings. The van der Waals surface area contributed by atoms with Gasteiger partial charge in [0.2, 0.25) is 9.84 Å². The van der Waals surface area contributed by atoms with Gasteiger partial charge in [-0.1, -0.05) is 24.3 Å². The molecule has 0 saturated carbocycles. The number of carboxylic acids is 1. The molecule has 7 nitrogen and oxygen atoms in total. The monoisotopic (exact) mass is 488 g/mol. The van der Waals surface area contributed by atoms with Crippen LogP contribution in [-0.2, 0) is 16.3 Å². The third kappa shape index (κ3) is 7.00. The maximum atomic E-state index is 12.8. The number of nitrogens with zero attached hydrogens (tertiary/aromatic N) is 1. The molecule has 0 spiro atoms. The minimum Gasteiger partial charge on any atom is -1.00 e. The van der Waals surface area contributed by atoms with Crippen molar-refractivity contribution in [1.29, 1.82) is 5.26 Å². The topological polar surface area (TPSA) is 127 Å². The van der Waals surface area contributed by atoms with Crippen LogP contribution in [0.1, 0.15) is 41.5 Å². The van der Waals surface area contributed by atoms with Gasteiger partial charge in [0.1, 0.15) is 0 Å². The molecule has 0 unspecified atom stereocenters. The predicted molar refractivity (Wildman–Crippen MR) is 124 cm³/mol. The number of nitriles is 1. The number of carboxylic acid groups (broad SMARTS) is 1. The fourth-order valence-electron chi connectivity index (χ4n) is 3.39.